The predicted octanol–water partition coefficient (Wildman–Crippen LogP) is 4.41. The number of nitrogens with two attached hydrogens (primary N) is 1. The Balaban J connectivity index is 1.60. The molecule has 152 valence electrons. The molecule has 0 saturated carbocycles. The number of alkyl halides is 3. The second-order valence-corrected chi connectivity index (χ2v) is 6.96. The summed E-state index contributed by atoms with van der Waals surface area (Å²) in [7, 11) is 0. The van der Waals surface area contributed by atoms with Crippen LogP contribution < -0.4 is 11.1 Å². The largest absolute Gasteiger partial charge is 0.416 e. The molecule has 0 bridgehead atoms. The van der Waals surface area contributed by atoms with Crippen molar-refractivity contribution in [3.63, 3.8) is 0 Å². The minimum absolute atomic E-state index is 0.194. The number of amides is 1. The Morgan fingerprint density at radius 1 is 1.07 bits per heavy atom. The minimum atomic E-state index is -4.53. The van der Waals surface area contributed by atoms with Crippen LogP contribution in [0.1, 0.15) is 15.9 Å². The smallest absolute Gasteiger partial charge is 0.369 e. The van der Waals surface area contributed by atoms with E-state index >= 15 is 0 Å². The summed E-state index contributed by atoms with van der Waals surface area (Å²) in [4.78, 5) is 24.7. The number of carbonyl (C=O) groups excluding carboxylic acids is 1. The fourth-order valence-electron chi connectivity index (χ4n) is 2.85. The first-order valence-corrected chi connectivity index (χ1v) is 9.27. The summed E-state index contributed by atoms with van der Waals surface area (Å²) in [6.45, 7) is 0. The Hall–Kier alpha value is -3.47. The summed E-state index contributed by atoms with van der Waals surface area (Å²) in [6.07, 6.45) is -1.97. The molecule has 0 fully saturated rings. The lowest BCUT2D eigenvalue weighted by Crippen LogP contribution is -2.14. The number of rotatable bonds is 3. The SMILES string of the molecule is Nc1nccc2c(Br)nc(-c3ccc(C(=O)Nc4cc(C(F)(F)F)ccn4)cc3)n12. The molecule has 4 rings (SSSR count). The van der Waals surface area contributed by atoms with E-state index in [-0.39, 0.29) is 17.3 Å². The van der Waals surface area contributed by atoms with Gasteiger partial charge in [-0.05, 0) is 46.3 Å². The summed E-state index contributed by atoms with van der Waals surface area (Å²) in [6, 6.07) is 9.72. The summed E-state index contributed by atoms with van der Waals surface area (Å²) in [5, 5.41) is 2.36. The Labute approximate surface area is 175 Å². The van der Waals surface area contributed by atoms with E-state index in [0.29, 0.717) is 16.0 Å². The van der Waals surface area contributed by atoms with Crippen LogP contribution in [0.4, 0.5) is 24.9 Å². The first-order valence-electron chi connectivity index (χ1n) is 8.47. The van der Waals surface area contributed by atoms with Crippen LogP contribution in [0.15, 0.2) is 59.5 Å². The standard InChI is InChI=1S/C19H12BrF3N6O/c20-15-13-6-8-26-18(24)29(13)16(28-15)10-1-3-11(4-2-10)17(30)27-14-9-12(5-7-25-14)19(21,22)23/h1-9H,(H2,24,26)(H,25,27,30). The highest BCUT2D eigenvalue weighted by Gasteiger charge is 2.30. The number of fused-ring (bicyclic) bond motifs is 1. The van der Waals surface area contributed by atoms with E-state index in [0.717, 1.165) is 23.8 Å². The van der Waals surface area contributed by atoms with Crippen molar-refractivity contribution in [1.82, 2.24) is 19.4 Å². The van der Waals surface area contributed by atoms with Gasteiger partial charge in [-0.2, -0.15) is 13.2 Å². The van der Waals surface area contributed by atoms with E-state index < -0.39 is 17.6 Å². The van der Waals surface area contributed by atoms with Gasteiger partial charge in [0.1, 0.15) is 16.2 Å². The molecule has 0 aliphatic carbocycles. The average molecular weight is 477 g/mol. The van der Waals surface area contributed by atoms with Crippen LogP contribution in [0.3, 0.4) is 0 Å². The zero-order valence-corrected chi connectivity index (χ0v) is 16.6. The number of halogens is 4. The molecule has 0 aliphatic rings. The maximum absolute atomic E-state index is 12.8. The van der Waals surface area contributed by atoms with Crippen LogP contribution in [0.5, 0.6) is 0 Å². The number of carbonyl (C=O) groups is 1. The van der Waals surface area contributed by atoms with Crippen LogP contribution >= 0.6 is 15.9 Å². The molecular weight excluding hydrogens is 465 g/mol. The molecule has 7 nitrogen and oxygen atoms in total. The van der Waals surface area contributed by atoms with Gasteiger partial charge in [0.2, 0.25) is 5.95 Å². The van der Waals surface area contributed by atoms with E-state index in [4.69, 9.17) is 5.73 Å². The van der Waals surface area contributed by atoms with Crippen LogP contribution in [0, 0.1) is 0 Å². The maximum Gasteiger partial charge on any atom is 0.416 e. The van der Waals surface area contributed by atoms with Crippen LogP contribution in [0.2, 0.25) is 0 Å². The highest BCUT2D eigenvalue weighted by molar-refractivity contribution is 9.10. The summed E-state index contributed by atoms with van der Waals surface area (Å²) in [5.41, 5.74) is 6.70. The molecule has 0 aliphatic heterocycles. The Morgan fingerprint density at radius 2 is 1.77 bits per heavy atom. The van der Waals surface area contributed by atoms with Crippen molar-refractivity contribution in [1.29, 1.82) is 0 Å². The highest BCUT2D eigenvalue weighted by atomic mass is 79.9. The monoisotopic (exact) mass is 476 g/mol. The van der Waals surface area contributed by atoms with Gasteiger partial charge < -0.3 is 11.1 Å². The second-order valence-electron chi connectivity index (χ2n) is 6.21. The van der Waals surface area contributed by atoms with Gasteiger partial charge in [-0.3, -0.25) is 9.20 Å². The zero-order valence-electron chi connectivity index (χ0n) is 15.0. The average Bonchev–Trinajstić information content (AvgIpc) is 3.06. The lowest BCUT2D eigenvalue weighted by molar-refractivity contribution is -0.137. The number of nitrogen functional groups attached to an aromatic ring is 1. The number of hydrogen-bond acceptors (Lipinski definition) is 5. The Morgan fingerprint density at radius 3 is 2.47 bits per heavy atom. The van der Waals surface area contributed by atoms with Crippen molar-refractivity contribution in [2.24, 2.45) is 0 Å². The van der Waals surface area contributed by atoms with Gasteiger partial charge in [0.15, 0.2) is 0 Å². The first-order chi connectivity index (χ1) is 14.2. The molecular formula is C19H12BrF3N6O. The number of anilines is 2. The molecule has 4 aromatic rings. The molecule has 0 unspecified atom stereocenters. The van der Waals surface area contributed by atoms with Crippen molar-refractivity contribution in [2.45, 2.75) is 6.18 Å². The van der Waals surface area contributed by atoms with Gasteiger partial charge in [-0.1, -0.05) is 12.1 Å². The minimum Gasteiger partial charge on any atom is -0.369 e. The maximum atomic E-state index is 12.8. The zero-order chi connectivity index (χ0) is 21.5. The van der Waals surface area contributed by atoms with E-state index in [1.54, 1.807) is 28.8 Å². The molecule has 1 aromatic carbocycles. The van der Waals surface area contributed by atoms with Crippen molar-refractivity contribution >= 4 is 39.1 Å². The fourth-order valence-corrected chi connectivity index (χ4v) is 3.33. The summed E-state index contributed by atoms with van der Waals surface area (Å²) in [5.74, 6) is -0.0169. The van der Waals surface area contributed by atoms with E-state index in [9.17, 15) is 18.0 Å². The number of nitrogens with zero attached hydrogens (tertiary/aromatic N) is 4. The number of aromatic nitrogens is 4. The predicted molar refractivity (Wildman–Crippen MR) is 108 cm³/mol. The van der Waals surface area contributed by atoms with Crippen molar-refractivity contribution in [3.05, 3.63) is 70.6 Å². The van der Waals surface area contributed by atoms with Crippen molar-refractivity contribution in [2.75, 3.05) is 11.1 Å². The molecule has 0 saturated heterocycles. The van der Waals surface area contributed by atoms with Gasteiger partial charge in [0.05, 0.1) is 11.1 Å². The number of hydrogen-bond donors (Lipinski definition) is 2. The molecule has 0 atom stereocenters. The van der Waals surface area contributed by atoms with Gasteiger partial charge in [-0.15, -0.1) is 0 Å². The quantitative estimate of drug-likeness (QED) is 0.456. The third-order valence-electron chi connectivity index (χ3n) is 4.27. The fraction of sp³-hybridized carbons (Fsp3) is 0.0526. The number of benzene rings is 1. The van der Waals surface area contributed by atoms with Gasteiger partial charge in [-0.25, -0.2) is 15.0 Å². The molecule has 0 spiro atoms. The number of pyridine rings is 1. The number of imidazole rings is 1. The van der Waals surface area contributed by atoms with E-state index in [2.05, 4.69) is 36.2 Å². The topological polar surface area (TPSA) is 98.2 Å². The van der Waals surface area contributed by atoms with Gasteiger partial charge in [0.25, 0.3) is 5.91 Å². The van der Waals surface area contributed by atoms with Gasteiger partial charge >= 0.3 is 6.18 Å². The van der Waals surface area contributed by atoms with Crippen LogP contribution in [-0.4, -0.2) is 25.3 Å². The normalized spacial score (nSPS) is 11.6. The molecule has 3 heterocycles. The molecule has 11 heteroatoms. The first kappa shape index (κ1) is 19.8. The molecule has 3 aromatic heterocycles. The second kappa shape index (κ2) is 7.41. The third-order valence-corrected chi connectivity index (χ3v) is 4.85. The van der Waals surface area contributed by atoms with Gasteiger partial charge in [0, 0.05) is 23.5 Å². The lowest BCUT2D eigenvalue weighted by Gasteiger charge is -2.09. The Bertz CT molecular complexity index is 1250. The molecule has 1 amide bonds. The summed E-state index contributed by atoms with van der Waals surface area (Å²) < 4.78 is 40.7. The summed E-state index contributed by atoms with van der Waals surface area (Å²) >= 11 is 3.38. The third kappa shape index (κ3) is 3.71. The highest BCUT2D eigenvalue weighted by Crippen LogP contribution is 2.30. The van der Waals surface area contributed by atoms with Crippen LogP contribution in [-0.2, 0) is 6.18 Å². The molecule has 30 heavy (non-hydrogen) atoms. The van der Waals surface area contributed by atoms with Crippen molar-refractivity contribution in [3.8, 4) is 11.4 Å². The van der Waals surface area contributed by atoms with E-state index in [1.165, 1.54) is 12.1 Å². The van der Waals surface area contributed by atoms with Crippen molar-refractivity contribution < 1.29 is 18.0 Å². The van der Waals surface area contributed by atoms with Crippen LogP contribution in [0.25, 0.3) is 16.9 Å². The number of nitrogens with one attached hydrogen (secondary N) is 1. The molecule has 3 N–H and O–H groups in total. The lowest BCUT2D eigenvalue weighted by atomic mass is 10.1. The Kier molecular flexibility index (Phi) is 4.90. The van der Waals surface area contributed by atoms with E-state index in [1.807, 2.05) is 0 Å². The molecule has 0 radical (unpaired) electrons.